The van der Waals surface area contributed by atoms with Crippen molar-refractivity contribution in [3.63, 3.8) is 0 Å². The van der Waals surface area contributed by atoms with Gasteiger partial charge in [-0.2, -0.15) is 0 Å². The molecule has 0 fully saturated rings. The predicted molar refractivity (Wildman–Crippen MR) is 96.8 cm³/mol. The van der Waals surface area contributed by atoms with E-state index in [9.17, 15) is 4.79 Å². The number of furan rings is 1. The molecule has 0 spiro atoms. The fourth-order valence-electron chi connectivity index (χ4n) is 2.53. The van der Waals surface area contributed by atoms with Crippen molar-refractivity contribution in [2.24, 2.45) is 0 Å². The van der Waals surface area contributed by atoms with Crippen LogP contribution in [0.15, 0.2) is 68.7 Å². The van der Waals surface area contributed by atoms with Gasteiger partial charge in [-0.15, -0.1) is 11.8 Å². The number of aromatic nitrogens is 2. The largest absolute Gasteiger partial charge is 0.455 e. The van der Waals surface area contributed by atoms with Crippen molar-refractivity contribution in [1.29, 1.82) is 0 Å². The van der Waals surface area contributed by atoms with E-state index in [0.29, 0.717) is 27.8 Å². The Bertz CT molecular complexity index is 1040. The summed E-state index contributed by atoms with van der Waals surface area (Å²) in [5.74, 6) is 0.613. The zero-order valence-electron chi connectivity index (χ0n) is 13.8. The molecule has 3 aromatic heterocycles. The smallest absolute Gasteiger partial charge is 0.341 e. The lowest BCUT2D eigenvalue weighted by molar-refractivity contribution is 0.0459. The number of pyridine rings is 1. The Labute approximate surface area is 153 Å². The van der Waals surface area contributed by atoms with E-state index in [4.69, 9.17) is 13.7 Å². The molecule has 0 bridgehead atoms. The minimum Gasteiger partial charge on any atom is -0.455 e. The molecule has 1 aromatic carbocycles. The summed E-state index contributed by atoms with van der Waals surface area (Å²) >= 11 is 1.39. The summed E-state index contributed by atoms with van der Waals surface area (Å²) in [5.41, 5.74) is 1.71. The van der Waals surface area contributed by atoms with Crippen molar-refractivity contribution >= 4 is 28.7 Å². The lowest BCUT2D eigenvalue weighted by Gasteiger charge is -2.05. The van der Waals surface area contributed by atoms with Crippen LogP contribution in [-0.4, -0.2) is 22.4 Å². The van der Waals surface area contributed by atoms with Gasteiger partial charge in [0.2, 0.25) is 5.76 Å². The van der Waals surface area contributed by atoms with Crippen LogP contribution in [0, 0.1) is 0 Å². The molecular weight excluding hydrogens is 352 g/mol. The Morgan fingerprint density at radius 3 is 2.88 bits per heavy atom. The molecule has 3 heterocycles. The molecule has 26 heavy (non-hydrogen) atoms. The van der Waals surface area contributed by atoms with Gasteiger partial charge in [0, 0.05) is 17.6 Å². The van der Waals surface area contributed by atoms with Crippen LogP contribution in [0.1, 0.15) is 16.1 Å². The van der Waals surface area contributed by atoms with Crippen LogP contribution in [0.3, 0.4) is 0 Å². The van der Waals surface area contributed by atoms with Crippen LogP contribution < -0.4 is 0 Å². The molecule has 7 heteroatoms. The van der Waals surface area contributed by atoms with Gasteiger partial charge in [-0.3, -0.25) is 0 Å². The van der Waals surface area contributed by atoms with Crippen molar-refractivity contribution in [3.8, 4) is 11.5 Å². The van der Waals surface area contributed by atoms with Gasteiger partial charge in [0.15, 0.2) is 5.76 Å². The molecule has 4 rings (SSSR count). The summed E-state index contributed by atoms with van der Waals surface area (Å²) in [7, 11) is 0. The first-order valence-corrected chi connectivity index (χ1v) is 9.08. The van der Waals surface area contributed by atoms with Crippen molar-refractivity contribution < 1.29 is 18.5 Å². The van der Waals surface area contributed by atoms with Gasteiger partial charge in [-0.25, -0.2) is 9.78 Å². The first kappa shape index (κ1) is 16.4. The van der Waals surface area contributed by atoms with Crippen molar-refractivity contribution in [2.75, 3.05) is 6.26 Å². The Morgan fingerprint density at radius 1 is 1.15 bits per heavy atom. The fraction of sp³-hybridized carbons (Fsp3) is 0.105. The SMILES string of the molecule is CSc1ncccc1C(=O)OCc1cc(-c2cc3ccccc3o2)on1. The molecule has 0 saturated carbocycles. The third-order valence-corrected chi connectivity index (χ3v) is 4.47. The number of hydrogen-bond acceptors (Lipinski definition) is 7. The van der Waals surface area contributed by atoms with Crippen LogP contribution in [0.4, 0.5) is 0 Å². The molecule has 0 aliphatic rings. The number of carbonyl (C=O) groups is 1. The third-order valence-electron chi connectivity index (χ3n) is 3.76. The number of ether oxygens (including phenoxy) is 1. The number of nitrogens with zero attached hydrogens (tertiary/aromatic N) is 2. The minimum absolute atomic E-state index is 0.00524. The van der Waals surface area contributed by atoms with Gasteiger partial charge >= 0.3 is 5.97 Å². The first-order valence-electron chi connectivity index (χ1n) is 7.85. The Morgan fingerprint density at radius 2 is 2.04 bits per heavy atom. The molecule has 0 N–H and O–H groups in total. The lowest BCUT2D eigenvalue weighted by atomic mass is 10.2. The van der Waals surface area contributed by atoms with Crippen molar-refractivity contribution in [1.82, 2.24) is 10.1 Å². The topological polar surface area (TPSA) is 78.4 Å². The molecular formula is C19H14N2O4S. The van der Waals surface area contributed by atoms with E-state index >= 15 is 0 Å². The molecule has 0 unspecified atom stereocenters. The summed E-state index contributed by atoms with van der Waals surface area (Å²) in [6.07, 6.45) is 3.50. The summed E-state index contributed by atoms with van der Waals surface area (Å²) in [4.78, 5) is 16.4. The quantitative estimate of drug-likeness (QED) is 0.378. The second-order valence-corrected chi connectivity index (χ2v) is 6.26. The van der Waals surface area contributed by atoms with E-state index in [2.05, 4.69) is 10.1 Å². The van der Waals surface area contributed by atoms with E-state index in [1.54, 1.807) is 24.4 Å². The third kappa shape index (κ3) is 3.21. The average molecular weight is 366 g/mol. The monoisotopic (exact) mass is 366 g/mol. The molecule has 0 atom stereocenters. The summed E-state index contributed by atoms with van der Waals surface area (Å²) < 4.78 is 16.4. The number of benzene rings is 1. The first-order chi connectivity index (χ1) is 12.7. The number of esters is 1. The fourth-order valence-corrected chi connectivity index (χ4v) is 3.06. The van der Waals surface area contributed by atoms with Gasteiger partial charge in [-0.05, 0) is 30.5 Å². The predicted octanol–water partition coefficient (Wildman–Crippen LogP) is 4.56. The molecule has 130 valence electrons. The normalized spacial score (nSPS) is 11.0. The Balaban J connectivity index is 1.47. The summed E-state index contributed by atoms with van der Waals surface area (Å²) in [6.45, 7) is 0.00524. The van der Waals surface area contributed by atoms with Crippen molar-refractivity contribution in [3.05, 3.63) is 66.0 Å². The summed E-state index contributed by atoms with van der Waals surface area (Å²) in [6, 6.07) is 14.6. The number of para-hydroxylation sites is 1. The highest BCUT2D eigenvalue weighted by atomic mass is 32.2. The van der Waals surface area contributed by atoms with Crippen LogP contribution in [0.2, 0.25) is 0 Å². The van der Waals surface area contributed by atoms with E-state index < -0.39 is 5.97 Å². The van der Waals surface area contributed by atoms with Gasteiger partial charge in [-0.1, -0.05) is 23.4 Å². The Kier molecular flexibility index (Phi) is 4.45. The average Bonchev–Trinajstić information content (AvgIpc) is 3.32. The molecule has 0 saturated heterocycles. The maximum absolute atomic E-state index is 12.2. The number of carbonyl (C=O) groups excluding carboxylic acids is 1. The highest BCUT2D eigenvalue weighted by molar-refractivity contribution is 7.98. The number of fused-ring (bicyclic) bond motifs is 1. The van der Waals surface area contributed by atoms with Gasteiger partial charge in [0.25, 0.3) is 0 Å². The molecule has 0 aliphatic carbocycles. The van der Waals surface area contributed by atoms with Gasteiger partial charge < -0.3 is 13.7 Å². The zero-order valence-corrected chi connectivity index (χ0v) is 14.7. The van der Waals surface area contributed by atoms with E-state index in [1.807, 2.05) is 36.6 Å². The van der Waals surface area contributed by atoms with Crippen LogP contribution in [0.5, 0.6) is 0 Å². The molecule has 0 aliphatic heterocycles. The van der Waals surface area contributed by atoms with E-state index in [1.165, 1.54) is 11.8 Å². The van der Waals surface area contributed by atoms with E-state index in [-0.39, 0.29) is 6.61 Å². The number of rotatable bonds is 5. The minimum atomic E-state index is -0.448. The summed E-state index contributed by atoms with van der Waals surface area (Å²) in [5, 5.41) is 5.54. The zero-order chi connectivity index (χ0) is 17.9. The Hall–Kier alpha value is -3.06. The molecule has 0 radical (unpaired) electrons. The number of hydrogen-bond donors (Lipinski definition) is 0. The van der Waals surface area contributed by atoms with Crippen LogP contribution >= 0.6 is 11.8 Å². The number of thioether (sulfide) groups is 1. The van der Waals surface area contributed by atoms with Gasteiger partial charge in [0.05, 0.1) is 5.56 Å². The second kappa shape index (κ2) is 7.05. The standard InChI is InChI=1S/C19H14N2O4S/c1-26-18-14(6-4-8-20-18)19(22)23-11-13-10-17(25-21-13)16-9-12-5-2-3-7-15(12)24-16/h2-10H,11H2,1H3. The molecule has 4 aromatic rings. The van der Waals surface area contributed by atoms with E-state index in [0.717, 1.165) is 11.0 Å². The maximum atomic E-state index is 12.2. The molecule has 6 nitrogen and oxygen atoms in total. The molecule has 0 amide bonds. The maximum Gasteiger partial charge on any atom is 0.341 e. The lowest BCUT2D eigenvalue weighted by Crippen LogP contribution is -2.07. The highest BCUT2D eigenvalue weighted by Crippen LogP contribution is 2.28. The van der Waals surface area contributed by atoms with Crippen LogP contribution in [-0.2, 0) is 11.3 Å². The van der Waals surface area contributed by atoms with Crippen LogP contribution in [0.25, 0.3) is 22.5 Å². The second-order valence-electron chi connectivity index (χ2n) is 5.47. The highest BCUT2D eigenvalue weighted by Gasteiger charge is 2.16. The van der Waals surface area contributed by atoms with Crippen molar-refractivity contribution in [2.45, 2.75) is 11.6 Å². The van der Waals surface area contributed by atoms with Gasteiger partial charge in [0.1, 0.15) is 22.9 Å².